The van der Waals surface area contributed by atoms with Gasteiger partial charge in [-0.3, -0.25) is 0 Å². The molecule has 0 fully saturated rings. The number of para-hydroxylation sites is 1. The number of phenols is 1. The minimum absolute atomic E-state index is 0.0164. The number of aromatic hydroxyl groups is 1. The Hall–Kier alpha value is -4.11. The van der Waals surface area contributed by atoms with E-state index in [2.05, 4.69) is 15.3 Å². The summed E-state index contributed by atoms with van der Waals surface area (Å²) in [5.74, 6) is -0.0532. The number of aromatic nitrogens is 2. The van der Waals surface area contributed by atoms with Crippen molar-refractivity contribution >= 4 is 35.9 Å². The zero-order chi connectivity index (χ0) is 24.2. The fourth-order valence-corrected chi connectivity index (χ4v) is 3.66. The number of rotatable bonds is 8. The number of aliphatic hydroxyl groups is 1. The number of pyridine rings is 1. The van der Waals surface area contributed by atoms with Crippen LogP contribution >= 0.6 is 0 Å². The quantitative estimate of drug-likeness (QED) is 0.304. The molecule has 0 atom stereocenters. The van der Waals surface area contributed by atoms with Crippen LogP contribution in [0.25, 0.3) is 33.3 Å². The first-order valence-corrected chi connectivity index (χ1v) is 10.6. The summed E-state index contributed by atoms with van der Waals surface area (Å²) >= 11 is 0. The van der Waals surface area contributed by atoms with Gasteiger partial charge in [-0.15, -0.1) is 0 Å². The average molecular weight is 455 g/mol. The van der Waals surface area contributed by atoms with Gasteiger partial charge in [-0.25, -0.2) is 0 Å². The summed E-state index contributed by atoms with van der Waals surface area (Å²) in [7, 11) is 9.17. The van der Waals surface area contributed by atoms with Gasteiger partial charge in [0.25, 0.3) is 0 Å². The van der Waals surface area contributed by atoms with E-state index in [4.69, 9.17) is 17.3 Å². The molecule has 1 radical (unpaired) electrons. The first-order chi connectivity index (χ1) is 16.4. The molecule has 171 valence electrons. The molecule has 2 aromatic heterocycles. The number of aromatic amines is 1. The Morgan fingerprint density at radius 1 is 1.15 bits per heavy atom. The van der Waals surface area contributed by atoms with Crippen LogP contribution in [-0.4, -0.2) is 71.6 Å². The number of hydrogen-bond acceptors (Lipinski definition) is 6. The fourth-order valence-electron chi connectivity index (χ4n) is 3.66. The molecule has 0 saturated carbocycles. The van der Waals surface area contributed by atoms with Crippen molar-refractivity contribution in [1.29, 1.82) is 0 Å². The predicted molar refractivity (Wildman–Crippen MR) is 134 cm³/mol. The van der Waals surface area contributed by atoms with Gasteiger partial charge in [0, 0.05) is 0 Å². The molecular weight excluding hydrogens is 431 g/mol. The topological polar surface area (TPSA) is 111 Å². The first-order valence-electron chi connectivity index (χ1n) is 10.6. The Labute approximate surface area is 197 Å². The monoisotopic (exact) mass is 455 g/mol. The van der Waals surface area contributed by atoms with Crippen molar-refractivity contribution in [2.45, 2.75) is 0 Å². The van der Waals surface area contributed by atoms with Gasteiger partial charge in [0.15, 0.2) is 0 Å². The summed E-state index contributed by atoms with van der Waals surface area (Å²) < 4.78 is 5.18. The van der Waals surface area contributed by atoms with E-state index in [1.54, 1.807) is 44.6 Å². The number of ether oxygens (including phenoxy) is 1. The number of carbonyl (C=O) groups is 1. The molecule has 4 aromatic rings. The number of nitrogens with one attached hydrogen (secondary N) is 2. The third-order valence-corrected chi connectivity index (χ3v) is 5.32. The number of aliphatic hydroxyl groups excluding tert-OH is 1. The Morgan fingerprint density at radius 2 is 1.94 bits per heavy atom. The van der Waals surface area contributed by atoms with Crippen LogP contribution in [0.15, 0.2) is 60.9 Å². The third kappa shape index (κ3) is 4.65. The van der Waals surface area contributed by atoms with Crippen LogP contribution in [0.5, 0.6) is 5.75 Å². The van der Waals surface area contributed by atoms with Gasteiger partial charge in [-0.2, -0.15) is 0 Å². The first kappa shape index (κ1) is 23.1. The van der Waals surface area contributed by atoms with Crippen LogP contribution in [0, 0.1) is 0 Å². The van der Waals surface area contributed by atoms with Crippen LogP contribution in [-0.2, 0) is 4.74 Å². The second kappa shape index (κ2) is 9.80. The molecule has 2 heterocycles. The summed E-state index contributed by atoms with van der Waals surface area (Å²) in [5, 5.41) is 23.0. The number of H-pyrrole nitrogens is 1. The molecule has 1 amide bonds. The fraction of sp³-hybridized carbons (Fsp3) is 0.160. The van der Waals surface area contributed by atoms with Gasteiger partial charge in [-0.1, -0.05) is 12.1 Å². The Morgan fingerprint density at radius 3 is 2.68 bits per heavy atom. The molecule has 4 rings (SSSR count). The van der Waals surface area contributed by atoms with E-state index in [9.17, 15) is 9.90 Å². The van der Waals surface area contributed by atoms with E-state index in [1.165, 1.54) is 4.90 Å². The number of benzene rings is 2. The number of amides is 1. The van der Waals surface area contributed by atoms with Gasteiger partial charge >= 0.3 is 174 Å². The molecule has 0 spiro atoms. The molecule has 0 aliphatic carbocycles. The zero-order valence-electron chi connectivity index (χ0n) is 18.9. The van der Waals surface area contributed by atoms with Crippen molar-refractivity contribution in [2.24, 2.45) is 0 Å². The number of anilines is 1. The summed E-state index contributed by atoms with van der Waals surface area (Å²) in [6.07, 6.45) is 3.54. The van der Waals surface area contributed by atoms with Gasteiger partial charge in [-0.05, 0) is 6.07 Å². The maximum absolute atomic E-state index is 12.9. The summed E-state index contributed by atoms with van der Waals surface area (Å²) in [6.45, 7) is -0.141. The van der Waals surface area contributed by atoms with Crippen molar-refractivity contribution in [1.82, 2.24) is 14.9 Å². The van der Waals surface area contributed by atoms with Crippen LogP contribution in [0.1, 0.15) is 10.4 Å². The van der Waals surface area contributed by atoms with E-state index in [0.717, 1.165) is 22.1 Å². The second-order valence-corrected chi connectivity index (χ2v) is 7.86. The van der Waals surface area contributed by atoms with Crippen LogP contribution in [0.2, 0.25) is 0 Å². The van der Waals surface area contributed by atoms with Crippen LogP contribution < -0.4 is 5.32 Å². The van der Waals surface area contributed by atoms with E-state index in [-0.39, 0.29) is 30.6 Å². The predicted octanol–water partition coefficient (Wildman–Crippen LogP) is 2.98. The number of fused-ring (bicyclic) bond motifs is 1. The Balaban J connectivity index is 1.76. The van der Waals surface area contributed by atoms with Crippen molar-refractivity contribution in [2.75, 3.05) is 32.6 Å². The zero-order valence-corrected chi connectivity index (χ0v) is 18.9. The van der Waals surface area contributed by atoms with E-state index < -0.39 is 0 Å². The van der Waals surface area contributed by atoms with E-state index in [1.807, 2.05) is 30.5 Å². The van der Waals surface area contributed by atoms with Crippen molar-refractivity contribution in [3.8, 4) is 28.0 Å². The normalized spacial score (nSPS) is 10.8. The molecule has 0 aliphatic rings. The van der Waals surface area contributed by atoms with E-state index >= 15 is 0 Å². The van der Waals surface area contributed by atoms with Gasteiger partial charge in [0.05, 0.1) is 0 Å². The molecule has 0 unspecified atom stereocenters. The average Bonchev–Trinajstić information content (AvgIpc) is 3.26. The van der Waals surface area contributed by atoms with Gasteiger partial charge < -0.3 is 5.11 Å². The Bertz CT molecular complexity index is 1370. The minimum atomic E-state index is -0.218. The number of nitrogens with zero attached hydrogens (tertiary/aromatic N) is 2. The molecular formula is C25H24BN4O4. The second-order valence-electron chi connectivity index (χ2n) is 7.86. The van der Waals surface area contributed by atoms with Gasteiger partial charge in [0.1, 0.15) is 0 Å². The molecule has 8 nitrogen and oxygen atoms in total. The van der Waals surface area contributed by atoms with Crippen molar-refractivity contribution in [3.63, 3.8) is 0 Å². The van der Waals surface area contributed by atoms with Crippen LogP contribution in [0.3, 0.4) is 0 Å². The number of carbonyl (C=O) groups excluding carboxylic acids is 1. The molecule has 0 bridgehead atoms. The number of phenolic OH excluding ortho intramolecular Hbond substituents is 1. The molecule has 0 saturated heterocycles. The third-order valence-electron chi connectivity index (χ3n) is 5.32. The molecule has 0 aliphatic heterocycles. The molecule has 34 heavy (non-hydrogen) atoms. The standard InChI is InChI=1S/C25H24BN4O4/c1-30(2)24(33)19-11-15(7-8-21(19)29-25(26)34-10-9-31)16-12-18-20(14-28-23(18)27-13-16)17-5-3-4-6-22(17)32/h3-8,11-14,29,31-32H,9-10H2,1-2H3,(H,27,28). The number of hydrogen-bond donors (Lipinski definition) is 4. The molecule has 9 heteroatoms. The summed E-state index contributed by atoms with van der Waals surface area (Å²) in [4.78, 5) is 22.0. The Kier molecular flexibility index (Phi) is 6.65. The summed E-state index contributed by atoms with van der Waals surface area (Å²) in [6, 6.07) is 14.5. The molecule has 2 aromatic carbocycles. The van der Waals surface area contributed by atoms with Crippen molar-refractivity contribution in [3.05, 3.63) is 66.5 Å². The van der Waals surface area contributed by atoms with Crippen molar-refractivity contribution < 1.29 is 19.7 Å². The van der Waals surface area contributed by atoms with Crippen LogP contribution in [0.4, 0.5) is 5.69 Å². The molecule has 4 N–H and O–H groups in total. The van der Waals surface area contributed by atoms with E-state index in [0.29, 0.717) is 22.5 Å². The SMILES string of the molecule is [B]=C(Nc1ccc(-c2cnc3[nH]cc(-c4ccccc4O)c3c2)cc1C(=O)N(C)C)OCCO. The maximum atomic E-state index is 12.9. The summed E-state index contributed by atoms with van der Waals surface area (Å²) in [5.41, 5.74) is 4.67. The van der Waals surface area contributed by atoms with Gasteiger partial charge in [0.2, 0.25) is 0 Å².